The number of benzene rings is 2. The Morgan fingerprint density at radius 1 is 1.08 bits per heavy atom. The standard InChI is InChI=1S/C20H19N3OS/c24-19(23-21-13-7-10-16-8-3-1-4-9-16)14-20-22-18(15-25-20)17-11-5-2-6-12-17/h1-6,8-9,11-13,15H,7,10,14H2,(H,23,24)/b21-13-. The van der Waals surface area contributed by atoms with Gasteiger partial charge in [0.05, 0.1) is 12.1 Å². The Morgan fingerprint density at radius 3 is 2.56 bits per heavy atom. The van der Waals surface area contributed by atoms with Crippen LogP contribution in [0.15, 0.2) is 71.1 Å². The van der Waals surface area contributed by atoms with E-state index < -0.39 is 0 Å². The van der Waals surface area contributed by atoms with E-state index >= 15 is 0 Å². The lowest BCUT2D eigenvalue weighted by Crippen LogP contribution is -2.19. The fourth-order valence-electron chi connectivity index (χ4n) is 2.37. The van der Waals surface area contributed by atoms with Crippen molar-refractivity contribution >= 4 is 23.5 Å². The predicted octanol–water partition coefficient (Wildman–Crippen LogP) is 4.09. The molecule has 0 spiro atoms. The zero-order valence-corrected chi connectivity index (χ0v) is 14.6. The third-order valence-corrected chi connectivity index (χ3v) is 4.47. The molecular formula is C20H19N3OS. The number of rotatable bonds is 7. The van der Waals surface area contributed by atoms with Crippen molar-refractivity contribution in [2.24, 2.45) is 5.10 Å². The van der Waals surface area contributed by atoms with Crippen LogP contribution in [0.3, 0.4) is 0 Å². The number of aryl methyl sites for hydroxylation is 1. The number of thiazole rings is 1. The molecule has 5 heteroatoms. The molecule has 1 heterocycles. The topological polar surface area (TPSA) is 54.4 Å². The van der Waals surface area contributed by atoms with E-state index in [0.717, 1.165) is 29.1 Å². The van der Waals surface area contributed by atoms with Crippen molar-refractivity contribution in [2.45, 2.75) is 19.3 Å². The number of nitrogens with one attached hydrogen (secondary N) is 1. The molecule has 0 atom stereocenters. The van der Waals surface area contributed by atoms with E-state index in [1.54, 1.807) is 6.21 Å². The molecule has 3 rings (SSSR count). The van der Waals surface area contributed by atoms with Gasteiger partial charge in [0.2, 0.25) is 5.91 Å². The highest BCUT2D eigenvalue weighted by atomic mass is 32.1. The van der Waals surface area contributed by atoms with Crippen LogP contribution in [0.25, 0.3) is 11.3 Å². The molecular weight excluding hydrogens is 330 g/mol. The van der Waals surface area contributed by atoms with Gasteiger partial charge in [0.15, 0.2) is 0 Å². The molecule has 0 aliphatic rings. The van der Waals surface area contributed by atoms with Crippen molar-refractivity contribution in [3.05, 3.63) is 76.6 Å². The molecule has 0 fully saturated rings. The van der Waals surface area contributed by atoms with Gasteiger partial charge in [-0.15, -0.1) is 11.3 Å². The highest BCUT2D eigenvalue weighted by Crippen LogP contribution is 2.21. The van der Waals surface area contributed by atoms with E-state index in [4.69, 9.17) is 0 Å². The van der Waals surface area contributed by atoms with Gasteiger partial charge in [-0.25, -0.2) is 10.4 Å². The van der Waals surface area contributed by atoms with E-state index in [-0.39, 0.29) is 12.3 Å². The second kappa shape index (κ2) is 8.89. The smallest absolute Gasteiger partial charge is 0.246 e. The highest BCUT2D eigenvalue weighted by Gasteiger charge is 2.08. The molecule has 3 aromatic rings. The minimum atomic E-state index is -0.148. The van der Waals surface area contributed by atoms with Gasteiger partial charge in [0, 0.05) is 17.2 Å². The monoisotopic (exact) mass is 349 g/mol. The number of hydrogen-bond donors (Lipinski definition) is 1. The normalized spacial score (nSPS) is 10.9. The molecule has 0 aliphatic heterocycles. The van der Waals surface area contributed by atoms with Gasteiger partial charge < -0.3 is 0 Å². The van der Waals surface area contributed by atoms with E-state index in [0.29, 0.717) is 0 Å². The molecule has 0 saturated carbocycles. The van der Waals surface area contributed by atoms with Crippen LogP contribution in [-0.4, -0.2) is 17.1 Å². The van der Waals surface area contributed by atoms with Crippen LogP contribution in [-0.2, 0) is 17.6 Å². The maximum atomic E-state index is 11.9. The molecule has 0 aliphatic carbocycles. The predicted molar refractivity (Wildman–Crippen MR) is 103 cm³/mol. The summed E-state index contributed by atoms with van der Waals surface area (Å²) in [6.45, 7) is 0. The van der Waals surface area contributed by atoms with Crippen molar-refractivity contribution in [1.82, 2.24) is 10.4 Å². The molecule has 25 heavy (non-hydrogen) atoms. The number of hydrogen-bond acceptors (Lipinski definition) is 4. The lowest BCUT2D eigenvalue weighted by Gasteiger charge is -1.98. The van der Waals surface area contributed by atoms with Crippen molar-refractivity contribution in [3.63, 3.8) is 0 Å². The zero-order valence-electron chi connectivity index (χ0n) is 13.8. The largest absolute Gasteiger partial charge is 0.273 e. The summed E-state index contributed by atoms with van der Waals surface area (Å²) in [6.07, 6.45) is 3.68. The Balaban J connectivity index is 1.43. The molecule has 1 N–H and O–H groups in total. The number of aromatic nitrogens is 1. The SMILES string of the molecule is O=C(Cc1nc(-c2ccccc2)cs1)N/N=C\CCc1ccccc1. The lowest BCUT2D eigenvalue weighted by atomic mass is 10.1. The fourth-order valence-corrected chi connectivity index (χ4v) is 3.17. The van der Waals surface area contributed by atoms with Crippen LogP contribution in [0.2, 0.25) is 0 Å². The summed E-state index contributed by atoms with van der Waals surface area (Å²) in [5, 5.41) is 6.76. The van der Waals surface area contributed by atoms with Gasteiger partial charge in [-0.3, -0.25) is 4.79 Å². The van der Waals surface area contributed by atoms with Crippen LogP contribution < -0.4 is 5.43 Å². The van der Waals surface area contributed by atoms with Crippen molar-refractivity contribution in [3.8, 4) is 11.3 Å². The number of amides is 1. The summed E-state index contributed by atoms with van der Waals surface area (Å²) < 4.78 is 0. The Labute approximate surface area is 151 Å². The van der Waals surface area contributed by atoms with Gasteiger partial charge in [0.25, 0.3) is 0 Å². The second-order valence-electron chi connectivity index (χ2n) is 5.54. The number of hydrazone groups is 1. The van der Waals surface area contributed by atoms with Crippen LogP contribution in [0.4, 0.5) is 0 Å². The van der Waals surface area contributed by atoms with Crippen LogP contribution in [0.5, 0.6) is 0 Å². The first-order valence-corrected chi connectivity index (χ1v) is 9.03. The Bertz CT molecular complexity index is 828. The van der Waals surface area contributed by atoms with Gasteiger partial charge in [0.1, 0.15) is 5.01 Å². The van der Waals surface area contributed by atoms with Crippen LogP contribution >= 0.6 is 11.3 Å². The first-order valence-electron chi connectivity index (χ1n) is 8.15. The average Bonchev–Trinajstić information content (AvgIpc) is 3.11. The first kappa shape index (κ1) is 17.0. The summed E-state index contributed by atoms with van der Waals surface area (Å²) in [4.78, 5) is 16.4. The fraction of sp³-hybridized carbons (Fsp3) is 0.150. The second-order valence-corrected chi connectivity index (χ2v) is 6.48. The first-order chi connectivity index (χ1) is 12.3. The summed E-state index contributed by atoms with van der Waals surface area (Å²) in [6, 6.07) is 20.2. The van der Waals surface area contributed by atoms with E-state index in [1.165, 1.54) is 16.9 Å². The summed E-state index contributed by atoms with van der Waals surface area (Å²) in [5.74, 6) is -0.148. The van der Waals surface area contributed by atoms with E-state index in [2.05, 4.69) is 27.6 Å². The summed E-state index contributed by atoms with van der Waals surface area (Å²) >= 11 is 1.49. The van der Waals surface area contributed by atoms with Gasteiger partial charge in [-0.1, -0.05) is 60.7 Å². The van der Waals surface area contributed by atoms with Gasteiger partial charge in [-0.2, -0.15) is 5.10 Å². The number of nitrogens with zero attached hydrogens (tertiary/aromatic N) is 2. The summed E-state index contributed by atoms with van der Waals surface area (Å²) in [5.41, 5.74) is 5.79. The number of carbonyl (C=O) groups is 1. The van der Waals surface area contributed by atoms with Crippen LogP contribution in [0.1, 0.15) is 17.0 Å². The Morgan fingerprint density at radius 2 is 1.80 bits per heavy atom. The molecule has 4 nitrogen and oxygen atoms in total. The van der Waals surface area contributed by atoms with Crippen LogP contribution in [0, 0.1) is 0 Å². The molecule has 2 aromatic carbocycles. The quantitative estimate of drug-likeness (QED) is 0.516. The minimum Gasteiger partial charge on any atom is -0.273 e. The molecule has 0 saturated heterocycles. The minimum absolute atomic E-state index is 0.148. The van der Waals surface area contributed by atoms with Crippen molar-refractivity contribution in [2.75, 3.05) is 0 Å². The summed E-state index contributed by atoms with van der Waals surface area (Å²) in [7, 11) is 0. The molecule has 126 valence electrons. The molecule has 1 amide bonds. The Hall–Kier alpha value is -2.79. The molecule has 0 bridgehead atoms. The Kier molecular flexibility index (Phi) is 6.06. The van der Waals surface area contributed by atoms with Gasteiger partial charge >= 0.3 is 0 Å². The number of carbonyl (C=O) groups excluding carboxylic acids is 1. The van der Waals surface area contributed by atoms with E-state index in [1.807, 2.05) is 53.9 Å². The zero-order chi connectivity index (χ0) is 17.3. The molecule has 1 aromatic heterocycles. The third kappa shape index (κ3) is 5.36. The lowest BCUT2D eigenvalue weighted by molar-refractivity contribution is -0.120. The van der Waals surface area contributed by atoms with Gasteiger partial charge in [-0.05, 0) is 18.4 Å². The van der Waals surface area contributed by atoms with E-state index in [9.17, 15) is 4.79 Å². The molecule has 0 radical (unpaired) electrons. The highest BCUT2D eigenvalue weighted by molar-refractivity contribution is 7.10. The average molecular weight is 349 g/mol. The van der Waals surface area contributed by atoms with Crippen molar-refractivity contribution in [1.29, 1.82) is 0 Å². The third-order valence-electron chi connectivity index (χ3n) is 3.62. The van der Waals surface area contributed by atoms with Crippen molar-refractivity contribution < 1.29 is 4.79 Å². The molecule has 0 unspecified atom stereocenters. The maximum Gasteiger partial charge on any atom is 0.246 e. The maximum absolute atomic E-state index is 11.9.